The number of hydrogen-bond acceptors (Lipinski definition) is 7. The zero-order valence-electron chi connectivity index (χ0n) is 18.4. The Hall–Kier alpha value is -1.75. The Morgan fingerprint density at radius 1 is 0.903 bits per heavy atom. The summed E-state index contributed by atoms with van der Waals surface area (Å²) in [5, 5.41) is 0. The third-order valence-corrected chi connectivity index (χ3v) is 8.47. The fraction of sp³-hybridized carbons (Fsp3) is 0.714. The first kappa shape index (κ1) is 22.4. The highest BCUT2D eigenvalue weighted by Crippen LogP contribution is 2.20. The molecule has 3 saturated heterocycles. The van der Waals surface area contributed by atoms with Crippen molar-refractivity contribution < 1.29 is 13.2 Å². The number of sulfonamides is 1. The minimum Gasteiger partial charge on any atom is -0.354 e. The number of carbonyl (C=O) groups is 1. The topological polar surface area (TPSA) is 80.3 Å². The van der Waals surface area contributed by atoms with Crippen LogP contribution in [-0.2, 0) is 14.8 Å². The molecule has 1 aromatic heterocycles. The highest BCUT2D eigenvalue weighted by atomic mass is 32.2. The molecule has 0 aromatic carbocycles. The summed E-state index contributed by atoms with van der Waals surface area (Å²) in [7, 11) is -1.49. The van der Waals surface area contributed by atoms with Gasteiger partial charge in [-0.1, -0.05) is 0 Å². The minimum atomic E-state index is -3.49. The van der Waals surface area contributed by atoms with Crippen molar-refractivity contribution in [1.29, 1.82) is 0 Å². The SMILES string of the molecule is CN1CCN(S(=O)(=O)c2ccc(N3CCN(CC(=O)N4CCCCC4)CC3)nc2)CC1. The van der Waals surface area contributed by atoms with Crippen molar-refractivity contribution in [2.24, 2.45) is 0 Å². The molecule has 0 bridgehead atoms. The van der Waals surface area contributed by atoms with Crippen LogP contribution in [0.5, 0.6) is 0 Å². The summed E-state index contributed by atoms with van der Waals surface area (Å²) < 4.78 is 27.3. The lowest BCUT2D eigenvalue weighted by Crippen LogP contribution is -2.51. The molecule has 3 aliphatic rings. The first-order chi connectivity index (χ1) is 14.9. The standard InChI is InChI=1S/C21H34N6O3S/c1-23-9-15-27(16-10-23)31(29,30)19-5-6-20(22-17-19)25-13-11-24(12-14-25)18-21(28)26-7-3-2-4-8-26/h5-6,17H,2-4,7-16,18H2,1H3. The summed E-state index contributed by atoms with van der Waals surface area (Å²) in [6.45, 7) is 7.98. The van der Waals surface area contributed by atoms with Gasteiger partial charge in [-0.15, -0.1) is 0 Å². The summed E-state index contributed by atoms with van der Waals surface area (Å²) in [5.74, 6) is 1.03. The van der Waals surface area contributed by atoms with Gasteiger partial charge in [0, 0.05) is 71.6 Å². The number of anilines is 1. The number of aromatic nitrogens is 1. The fourth-order valence-electron chi connectivity index (χ4n) is 4.46. The predicted molar refractivity (Wildman–Crippen MR) is 120 cm³/mol. The van der Waals surface area contributed by atoms with E-state index in [4.69, 9.17) is 0 Å². The van der Waals surface area contributed by atoms with Gasteiger partial charge in [-0.05, 0) is 38.4 Å². The number of rotatable bonds is 5. The Balaban J connectivity index is 1.29. The molecule has 3 aliphatic heterocycles. The van der Waals surface area contributed by atoms with Gasteiger partial charge in [0.25, 0.3) is 0 Å². The van der Waals surface area contributed by atoms with Gasteiger partial charge in [-0.2, -0.15) is 4.31 Å². The maximum Gasteiger partial charge on any atom is 0.244 e. The first-order valence-electron chi connectivity index (χ1n) is 11.3. The molecular weight excluding hydrogens is 416 g/mol. The van der Waals surface area contributed by atoms with E-state index in [1.165, 1.54) is 12.6 Å². The van der Waals surface area contributed by atoms with Gasteiger partial charge in [0.2, 0.25) is 15.9 Å². The van der Waals surface area contributed by atoms with Gasteiger partial charge >= 0.3 is 0 Å². The van der Waals surface area contributed by atoms with E-state index in [0.29, 0.717) is 19.6 Å². The van der Waals surface area contributed by atoms with E-state index >= 15 is 0 Å². The summed E-state index contributed by atoms with van der Waals surface area (Å²) in [6.07, 6.45) is 4.94. The second kappa shape index (κ2) is 9.81. The number of piperidine rings is 1. The lowest BCUT2D eigenvalue weighted by Gasteiger charge is -2.36. The Kier molecular flexibility index (Phi) is 7.10. The van der Waals surface area contributed by atoms with Gasteiger partial charge in [0.05, 0.1) is 6.54 Å². The van der Waals surface area contributed by atoms with E-state index in [9.17, 15) is 13.2 Å². The molecule has 3 fully saturated rings. The van der Waals surface area contributed by atoms with E-state index < -0.39 is 10.0 Å². The van der Waals surface area contributed by atoms with E-state index in [2.05, 4.69) is 19.7 Å². The van der Waals surface area contributed by atoms with Crippen molar-refractivity contribution >= 4 is 21.7 Å². The van der Waals surface area contributed by atoms with Crippen LogP contribution in [0.1, 0.15) is 19.3 Å². The molecule has 0 radical (unpaired) electrons. The normalized spacial score (nSPS) is 22.6. The molecule has 0 unspecified atom stereocenters. The van der Waals surface area contributed by atoms with Crippen molar-refractivity contribution in [3.63, 3.8) is 0 Å². The number of amides is 1. The lowest BCUT2D eigenvalue weighted by atomic mass is 10.1. The van der Waals surface area contributed by atoms with Gasteiger partial charge in [0.1, 0.15) is 10.7 Å². The Bertz CT molecular complexity index is 840. The maximum atomic E-state index is 12.9. The van der Waals surface area contributed by atoms with Crippen LogP contribution in [0.2, 0.25) is 0 Å². The molecule has 0 atom stereocenters. The van der Waals surface area contributed by atoms with Gasteiger partial charge in [0.15, 0.2) is 0 Å². The number of pyridine rings is 1. The predicted octanol–water partition coefficient (Wildman–Crippen LogP) is 0.152. The van der Waals surface area contributed by atoms with E-state index in [1.54, 1.807) is 16.4 Å². The van der Waals surface area contributed by atoms with Crippen LogP contribution in [0.25, 0.3) is 0 Å². The molecule has 0 aliphatic carbocycles. The highest BCUT2D eigenvalue weighted by Gasteiger charge is 2.28. The van der Waals surface area contributed by atoms with Crippen LogP contribution in [-0.4, -0.2) is 117 Å². The number of hydrogen-bond donors (Lipinski definition) is 0. The molecule has 4 heterocycles. The van der Waals surface area contributed by atoms with E-state index in [-0.39, 0.29) is 10.8 Å². The molecule has 172 valence electrons. The Morgan fingerprint density at radius 2 is 1.58 bits per heavy atom. The Morgan fingerprint density at radius 3 is 2.19 bits per heavy atom. The third kappa shape index (κ3) is 5.36. The van der Waals surface area contributed by atoms with Crippen LogP contribution < -0.4 is 4.90 Å². The number of carbonyl (C=O) groups excluding carboxylic acids is 1. The van der Waals surface area contributed by atoms with Gasteiger partial charge in [-0.25, -0.2) is 13.4 Å². The van der Waals surface area contributed by atoms with Gasteiger partial charge < -0.3 is 14.7 Å². The minimum absolute atomic E-state index is 0.241. The molecule has 0 spiro atoms. The molecule has 9 nitrogen and oxygen atoms in total. The number of likely N-dealkylation sites (tertiary alicyclic amines) is 1. The molecule has 0 saturated carbocycles. The lowest BCUT2D eigenvalue weighted by molar-refractivity contribution is -0.133. The monoisotopic (exact) mass is 450 g/mol. The zero-order valence-corrected chi connectivity index (χ0v) is 19.3. The number of piperazine rings is 2. The number of nitrogens with zero attached hydrogens (tertiary/aromatic N) is 6. The molecule has 1 amide bonds. The zero-order chi connectivity index (χ0) is 21.8. The van der Waals surface area contributed by atoms with Crippen molar-refractivity contribution in [3.8, 4) is 0 Å². The molecule has 1 aromatic rings. The van der Waals surface area contributed by atoms with Crippen LogP contribution in [0.15, 0.2) is 23.2 Å². The van der Waals surface area contributed by atoms with Crippen LogP contribution in [0.3, 0.4) is 0 Å². The van der Waals surface area contributed by atoms with E-state index in [1.807, 2.05) is 11.9 Å². The second-order valence-corrected chi connectivity index (χ2v) is 10.7. The number of likely N-dealkylation sites (N-methyl/N-ethyl adjacent to an activating group) is 1. The average molecular weight is 451 g/mol. The molecular formula is C21H34N6O3S. The van der Waals surface area contributed by atoms with Crippen LogP contribution >= 0.6 is 0 Å². The van der Waals surface area contributed by atoms with Gasteiger partial charge in [-0.3, -0.25) is 9.69 Å². The summed E-state index contributed by atoms with van der Waals surface area (Å²) in [4.78, 5) is 25.7. The molecule has 4 rings (SSSR count). The summed E-state index contributed by atoms with van der Waals surface area (Å²) >= 11 is 0. The van der Waals surface area contributed by atoms with Crippen molar-refractivity contribution in [2.45, 2.75) is 24.2 Å². The summed E-state index contributed by atoms with van der Waals surface area (Å²) in [6, 6.07) is 3.47. The molecule has 10 heteroatoms. The quantitative estimate of drug-likeness (QED) is 0.632. The van der Waals surface area contributed by atoms with Crippen LogP contribution in [0, 0.1) is 0 Å². The third-order valence-electron chi connectivity index (χ3n) is 6.58. The fourth-order valence-corrected chi connectivity index (χ4v) is 5.83. The molecule has 0 N–H and O–H groups in total. The maximum absolute atomic E-state index is 12.9. The van der Waals surface area contributed by atoms with Crippen molar-refractivity contribution in [1.82, 2.24) is 24.0 Å². The van der Waals surface area contributed by atoms with E-state index in [0.717, 1.165) is 71.0 Å². The highest BCUT2D eigenvalue weighted by molar-refractivity contribution is 7.89. The average Bonchev–Trinajstić information content (AvgIpc) is 2.80. The van der Waals surface area contributed by atoms with Crippen LogP contribution in [0.4, 0.5) is 5.82 Å². The smallest absolute Gasteiger partial charge is 0.244 e. The summed E-state index contributed by atoms with van der Waals surface area (Å²) in [5.41, 5.74) is 0. The molecule has 31 heavy (non-hydrogen) atoms. The first-order valence-corrected chi connectivity index (χ1v) is 12.8. The van der Waals surface area contributed by atoms with Crippen molar-refractivity contribution in [3.05, 3.63) is 18.3 Å². The Labute approximate surface area is 185 Å². The van der Waals surface area contributed by atoms with Crippen molar-refractivity contribution in [2.75, 3.05) is 83.9 Å². The largest absolute Gasteiger partial charge is 0.354 e. The second-order valence-electron chi connectivity index (χ2n) is 8.76.